The Morgan fingerprint density at radius 2 is 1.25 bits per heavy atom. The molecule has 4 nitrogen and oxygen atoms in total. The lowest BCUT2D eigenvalue weighted by molar-refractivity contribution is 0.102. The molecule has 0 atom stereocenters. The molecular weight excluding hydrogens is 394 g/mol. The van der Waals surface area contributed by atoms with Crippen LogP contribution in [0.15, 0.2) is 103 Å². The Labute approximate surface area is 186 Å². The second kappa shape index (κ2) is 8.44. The molecule has 0 saturated carbocycles. The maximum absolute atomic E-state index is 12.7. The van der Waals surface area contributed by atoms with Gasteiger partial charge in [0.05, 0.1) is 22.4 Å². The van der Waals surface area contributed by atoms with Gasteiger partial charge in [0.2, 0.25) is 0 Å². The summed E-state index contributed by atoms with van der Waals surface area (Å²) in [6, 6.07) is 33.2. The number of nitrogens with one attached hydrogen (secondary N) is 1. The van der Waals surface area contributed by atoms with Gasteiger partial charge in [0, 0.05) is 22.4 Å². The molecule has 32 heavy (non-hydrogen) atoms. The Balaban J connectivity index is 1.52. The molecule has 1 N–H and O–H groups in total. The fourth-order valence-corrected chi connectivity index (χ4v) is 3.70. The number of amides is 1. The van der Waals surface area contributed by atoms with Crippen molar-refractivity contribution in [3.8, 4) is 22.5 Å². The summed E-state index contributed by atoms with van der Waals surface area (Å²) in [5.74, 6) is -0.143. The lowest BCUT2D eigenvalue weighted by atomic mass is 10.0. The summed E-state index contributed by atoms with van der Waals surface area (Å²) in [6.45, 7) is 2.00. The summed E-state index contributed by atoms with van der Waals surface area (Å²) in [4.78, 5) is 22.5. The molecule has 1 amide bonds. The van der Waals surface area contributed by atoms with Crippen molar-refractivity contribution < 1.29 is 4.79 Å². The number of para-hydroxylation sites is 2. The van der Waals surface area contributed by atoms with E-state index in [2.05, 4.69) is 5.32 Å². The lowest BCUT2D eigenvalue weighted by Gasteiger charge is -2.11. The molecule has 154 valence electrons. The molecule has 4 aromatic carbocycles. The van der Waals surface area contributed by atoms with E-state index in [1.165, 1.54) is 0 Å². The Bertz CT molecular complexity index is 1410. The van der Waals surface area contributed by atoms with E-state index in [9.17, 15) is 4.79 Å². The maximum Gasteiger partial charge on any atom is 0.255 e. The normalized spacial score (nSPS) is 10.8. The van der Waals surface area contributed by atoms with E-state index in [0.29, 0.717) is 5.56 Å². The van der Waals surface area contributed by atoms with Gasteiger partial charge in [0.15, 0.2) is 0 Å². The van der Waals surface area contributed by atoms with Gasteiger partial charge in [0.1, 0.15) is 0 Å². The molecule has 1 aromatic heterocycles. The molecule has 0 saturated heterocycles. The Morgan fingerprint density at radius 3 is 1.88 bits per heavy atom. The number of nitrogens with zero attached hydrogens (tertiary/aromatic N) is 2. The third kappa shape index (κ3) is 3.98. The summed E-state index contributed by atoms with van der Waals surface area (Å²) in [6.07, 6.45) is 0. The molecule has 0 unspecified atom stereocenters. The molecule has 1 heterocycles. The zero-order valence-corrected chi connectivity index (χ0v) is 17.6. The molecule has 4 heteroatoms. The van der Waals surface area contributed by atoms with Crippen LogP contribution in [0.4, 0.5) is 5.69 Å². The van der Waals surface area contributed by atoms with E-state index in [0.717, 1.165) is 44.8 Å². The molecule has 0 aliphatic carbocycles. The fourth-order valence-electron chi connectivity index (χ4n) is 3.70. The number of fused-ring (bicyclic) bond motifs is 1. The van der Waals surface area contributed by atoms with Crippen molar-refractivity contribution in [1.82, 2.24) is 9.97 Å². The minimum atomic E-state index is -0.143. The monoisotopic (exact) mass is 415 g/mol. The van der Waals surface area contributed by atoms with Crippen LogP contribution < -0.4 is 5.32 Å². The molecule has 0 spiro atoms. The minimum Gasteiger partial charge on any atom is -0.322 e. The average molecular weight is 415 g/mol. The average Bonchev–Trinajstić information content (AvgIpc) is 2.84. The number of benzene rings is 4. The van der Waals surface area contributed by atoms with Crippen LogP contribution in [-0.2, 0) is 0 Å². The van der Waals surface area contributed by atoms with Gasteiger partial charge in [-0.05, 0) is 48.9 Å². The van der Waals surface area contributed by atoms with Crippen LogP contribution in [0, 0.1) is 6.92 Å². The molecule has 0 radical (unpaired) electrons. The number of hydrogen-bond donors (Lipinski definition) is 1. The molecule has 0 bridgehead atoms. The van der Waals surface area contributed by atoms with Gasteiger partial charge in [-0.2, -0.15) is 0 Å². The van der Waals surface area contributed by atoms with Crippen molar-refractivity contribution in [3.05, 3.63) is 114 Å². The van der Waals surface area contributed by atoms with Crippen molar-refractivity contribution in [1.29, 1.82) is 0 Å². The lowest BCUT2D eigenvalue weighted by Crippen LogP contribution is -2.11. The molecule has 5 aromatic rings. The zero-order chi connectivity index (χ0) is 21.9. The van der Waals surface area contributed by atoms with Crippen LogP contribution in [0.3, 0.4) is 0 Å². The molecule has 0 fully saturated rings. The first-order valence-corrected chi connectivity index (χ1v) is 10.5. The van der Waals surface area contributed by atoms with Crippen molar-refractivity contribution in [2.24, 2.45) is 0 Å². The minimum absolute atomic E-state index is 0.143. The van der Waals surface area contributed by atoms with Gasteiger partial charge < -0.3 is 5.32 Å². The summed E-state index contributed by atoms with van der Waals surface area (Å²) >= 11 is 0. The van der Waals surface area contributed by atoms with E-state index in [1.54, 1.807) is 0 Å². The Morgan fingerprint density at radius 1 is 0.656 bits per heavy atom. The molecule has 0 aliphatic heterocycles. The maximum atomic E-state index is 12.7. The molecule has 5 rings (SSSR count). The van der Waals surface area contributed by atoms with Crippen LogP contribution in [0.2, 0.25) is 0 Å². The Kier molecular flexibility index (Phi) is 5.18. The van der Waals surface area contributed by atoms with Gasteiger partial charge in [-0.3, -0.25) is 4.79 Å². The number of aromatic nitrogens is 2. The highest BCUT2D eigenvalue weighted by Crippen LogP contribution is 2.31. The molecular formula is C28H21N3O. The summed E-state index contributed by atoms with van der Waals surface area (Å²) < 4.78 is 0. The van der Waals surface area contributed by atoms with Crippen LogP contribution in [-0.4, -0.2) is 15.9 Å². The summed E-state index contributed by atoms with van der Waals surface area (Å²) in [5.41, 5.74) is 7.68. The number of hydrogen-bond acceptors (Lipinski definition) is 3. The van der Waals surface area contributed by atoms with Crippen LogP contribution in [0.5, 0.6) is 0 Å². The second-order valence-electron chi connectivity index (χ2n) is 7.68. The first kappa shape index (κ1) is 19.6. The van der Waals surface area contributed by atoms with Crippen molar-refractivity contribution in [3.63, 3.8) is 0 Å². The second-order valence-corrected chi connectivity index (χ2v) is 7.68. The van der Waals surface area contributed by atoms with Crippen LogP contribution in [0.1, 0.15) is 15.9 Å². The largest absolute Gasteiger partial charge is 0.322 e. The highest BCUT2D eigenvalue weighted by atomic mass is 16.1. The highest BCUT2D eigenvalue weighted by molar-refractivity contribution is 6.04. The van der Waals surface area contributed by atoms with Gasteiger partial charge in [-0.15, -0.1) is 0 Å². The standard InChI is InChI=1S/C28H21N3O/c1-19-8-7-11-23(18-19)29-28(32)22-16-14-21(15-17-22)27-26(20-9-3-2-4-10-20)30-24-12-5-6-13-25(24)31-27/h2-18H,1H3,(H,29,32). The van der Waals surface area contributed by atoms with Gasteiger partial charge in [-0.1, -0.05) is 66.7 Å². The van der Waals surface area contributed by atoms with Crippen molar-refractivity contribution >= 4 is 22.6 Å². The first-order chi connectivity index (χ1) is 15.7. The van der Waals surface area contributed by atoms with E-state index in [-0.39, 0.29) is 5.91 Å². The van der Waals surface area contributed by atoms with Crippen LogP contribution >= 0.6 is 0 Å². The zero-order valence-electron chi connectivity index (χ0n) is 17.6. The first-order valence-electron chi connectivity index (χ1n) is 10.5. The van der Waals surface area contributed by atoms with E-state index in [4.69, 9.17) is 9.97 Å². The Hall–Kier alpha value is -4.31. The van der Waals surface area contributed by atoms with Gasteiger partial charge in [-0.25, -0.2) is 9.97 Å². The number of carbonyl (C=O) groups excluding carboxylic acids is 1. The summed E-state index contributed by atoms with van der Waals surface area (Å²) in [5, 5.41) is 2.95. The van der Waals surface area contributed by atoms with E-state index >= 15 is 0 Å². The quantitative estimate of drug-likeness (QED) is 0.363. The highest BCUT2D eigenvalue weighted by Gasteiger charge is 2.14. The topological polar surface area (TPSA) is 54.9 Å². The molecule has 0 aliphatic rings. The smallest absolute Gasteiger partial charge is 0.255 e. The fraction of sp³-hybridized carbons (Fsp3) is 0.0357. The third-order valence-corrected chi connectivity index (χ3v) is 5.31. The number of carbonyl (C=O) groups is 1. The third-order valence-electron chi connectivity index (χ3n) is 5.31. The number of anilines is 1. The van der Waals surface area contributed by atoms with Crippen molar-refractivity contribution in [2.75, 3.05) is 5.32 Å². The van der Waals surface area contributed by atoms with Crippen LogP contribution in [0.25, 0.3) is 33.5 Å². The van der Waals surface area contributed by atoms with E-state index < -0.39 is 0 Å². The number of rotatable bonds is 4. The van der Waals surface area contributed by atoms with Gasteiger partial charge >= 0.3 is 0 Å². The van der Waals surface area contributed by atoms with Gasteiger partial charge in [0.25, 0.3) is 5.91 Å². The predicted molar refractivity (Wildman–Crippen MR) is 130 cm³/mol. The van der Waals surface area contributed by atoms with E-state index in [1.807, 2.05) is 110 Å². The van der Waals surface area contributed by atoms with Crippen molar-refractivity contribution in [2.45, 2.75) is 6.92 Å². The summed E-state index contributed by atoms with van der Waals surface area (Å²) in [7, 11) is 0. The SMILES string of the molecule is Cc1cccc(NC(=O)c2ccc(-c3nc4ccccc4nc3-c3ccccc3)cc2)c1. The predicted octanol–water partition coefficient (Wildman–Crippen LogP) is 6.52. The number of aryl methyl sites for hydroxylation is 1.